The van der Waals surface area contributed by atoms with Crippen molar-refractivity contribution in [3.05, 3.63) is 0 Å². The highest BCUT2D eigenvalue weighted by Crippen LogP contribution is 2.26. The summed E-state index contributed by atoms with van der Waals surface area (Å²) in [6.45, 7) is 12.1. The van der Waals surface area contributed by atoms with E-state index in [0.29, 0.717) is 0 Å². The largest absolute Gasteiger partial charge is 0.326 e. The lowest BCUT2D eigenvalue weighted by Crippen LogP contribution is -2.49. The zero-order valence-electron chi connectivity index (χ0n) is 39.7. The highest BCUT2D eigenvalue weighted by molar-refractivity contribution is 4.65. The van der Waals surface area contributed by atoms with E-state index in [9.17, 15) is 0 Å². The van der Waals surface area contributed by atoms with Gasteiger partial charge in [-0.05, 0) is 77.0 Å². The molecule has 0 radical (unpaired) electrons. The molecule has 0 aliphatic heterocycles. The molecule has 2 nitrogen and oxygen atoms in total. The van der Waals surface area contributed by atoms with Crippen molar-refractivity contribution in [2.45, 2.75) is 297 Å². The molecular weight excluding hydrogens is 653 g/mol. The molecule has 0 saturated carbocycles. The van der Waals surface area contributed by atoms with Gasteiger partial charge in [0.05, 0.1) is 53.4 Å². The highest BCUT2D eigenvalue weighted by Gasteiger charge is 2.28. The van der Waals surface area contributed by atoms with E-state index in [1.807, 2.05) is 0 Å². The fourth-order valence-corrected chi connectivity index (χ4v) is 9.50. The first-order valence-electron chi connectivity index (χ1n) is 25.9. The van der Waals surface area contributed by atoms with Gasteiger partial charge in [-0.2, -0.15) is 0 Å². The maximum atomic E-state index is 2.60. The van der Waals surface area contributed by atoms with Gasteiger partial charge in [-0.1, -0.05) is 207 Å². The second kappa shape index (κ2) is 39.7. The van der Waals surface area contributed by atoms with Crippen LogP contribution in [0.3, 0.4) is 0 Å². The molecular formula is C52H110N2+2. The van der Waals surface area contributed by atoms with Crippen LogP contribution < -0.4 is 0 Å². The second-order valence-electron chi connectivity index (χ2n) is 19.8. The van der Waals surface area contributed by atoms with Gasteiger partial charge >= 0.3 is 0 Å². The lowest BCUT2D eigenvalue weighted by molar-refractivity contribution is -0.916. The Morgan fingerprint density at radius 1 is 0.222 bits per heavy atom. The molecule has 0 rings (SSSR count). The summed E-state index contributed by atoms with van der Waals surface area (Å²) >= 11 is 0. The maximum absolute atomic E-state index is 2.60. The summed E-state index contributed by atoms with van der Waals surface area (Å²) in [4.78, 5) is 0. The SMILES string of the molecule is CCCCCCCCCCC(CCCCCCC(CCCCCCCCCC)[N+](C)(C)CCCCCCCCCC)[N+](C)(C)CCCCCCCCCC. The van der Waals surface area contributed by atoms with Crippen LogP contribution in [0.5, 0.6) is 0 Å². The van der Waals surface area contributed by atoms with Crippen LogP contribution in [0.25, 0.3) is 0 Å². The molecule has 0 saturated heterocycles. The van der Waals surface area contributed by atoms with Crippen LogP contribution in [0.15, 0.2) is 0 Å². The lowest BCUT2D eigenvalue weighted by atomic mass is 9.95. The fraction of sp³-hybridized carbons (Fsp3) is 1.00. The van der Waals surface area contributed by atoms with E-state index >= 15 is 0 Å². The van der Waals surface area contributed by atoms with Crippen molar-refractivity contribution in [2.75, 3.05) is 41.3 Å². The predicted octanol–water partition coefficient (Wildman–Crippen LogP) is 17.6. The van der Waals surface area contributed by atoms with Crippen molar-refractivity contribution in [1.82, 2.24) is 0 Å². The van der Waals surface area contributed by atoms with Gasteiger partial charge in [-0.15, -0.1) is 0 Å². The number of quaternary nitrogens is 2. The number of hydrogen-bond donors (Lipinski definition) is 0. The molecule has 0 aromatic carbocycles. The van der Waals surface area contributed by atoms with Gasteiger partial charge in [0, 0.05) is 0 Å². The number of unbranched alkanes of at least 4 members (excludes halogenated alkanes) is 31. The first kappa shape index (κ1) is 53.9. The number of rotatable bonds is 45. The molecule has 0 fully saturated rings. The van der Waals surface area contributed by atoms with Gasteiger partial charge in [-0.25, -0.2) is 0 Å². The maximum Gasteiger partial charge on any atom is 0.0886 e. The van der Waals surface area contributed by atoms with E-state index in [-0.39, 0.29) is 0 Å². The summed E-state index contributed by atoms with van der Waals surface area (Å²) in [5.74, 6) is 0. The van der Waals surface area contributed by atoms with Crippen molar-refractivity contribution >= 4 is 0 Å². The van der Waals surface area contributed by atoms with E-state index in [1.54, 1.807) is 0 Å². The standard InChI is InChI=1S/C52H110N2/c1-9-13-17-21-25-29-33-39-45-51(53(5,6)49-43-37-31-27-23-19-15-11-3)47-41-35-36-42-48-52(46-40-34-30-26-22-18-14-10-2)54(7,8)50-44-38-32-28-24-20-16-12-4/h51-52H,9-50H2,1-8H3/q+2. The Morgan fingerprint density at radius 3 is 0.593 bits per heavy atom. The fourth-order valence-electron chi connectivity index (χ4n) is 9.50. The molecule has 2 unspecified atom stereocenters. The van der Waals surface area contributed by atoms with Crippen molar-refractivity contribution < 1.29 is 8.97 Å². The van der Waals surface area contributed by atoms with Crippen molar-refractivity contribution in [2.24, 2.45) is 0 Å². The second-order valence-corrected chi connectivity index (χ2v) is 19.8. The van der Waals surface area contributed by atoms with Crippen LogP contribution in [0.2, 0.25) is 0 Å². The van der Waals surface area contributed by atoms with Crippen LogP contribution in [-0.2, 0) is 0 Å². The quantitative estimate of drug-likeness (QED) is 0.0428. The Bertz CT molecular complexity index is 653. The normalized spacial score (nSPS) is 13.6. The third-order valence-electron chi connectivity index (χ3n) is 13.8. The van der Waals surface area contributed by atoms with E-state index in [1.165, 1.54) is 279 Å². The molecule has 2 atom stereocenters. The molecule has 0 aliphatic rings. The molecule has 54 heavy (non-hydrogen) atoms. The van der Waals surface area contributed by atoms with E-state index in [0.717, 1.165) is 12.1 Å². The van der Waals surface area contributed by atoms with Crippen LogP contribution >= 0.6 is 0 Å². The molecule has 0 heterocycles. The first-order valence-corrected chi connectivity index (χ1v) is 25.9. The van der Waals surface area contributed by atoms with E-state index in [4.69, 9.17) is 0 Å². The third kappa shape index (κ3) is 34.0. The van der Waals surface area contributed by atoms with Crippen molar-refractivity contribution in [1.29, 1.82) is 0 Å². The number of hydrogen-bond acceptors (Lipinski definition) is 0. The van der Waals surface area contributed by atoms with Crippen LogP contribution in [0.4, 0.5) is 0 Å². The van der Waals surface area contributed by atoms with Gasteiger partial charge < -0.3 is 8.97 Å². The molecule has 0 bridgehead atoms. The smallest absolute Gasteiger partial charge is 0.0886 e. The Morgan fingerprint density at radius 2 is 0.389 bits per heavy atom. The summed E-state index contributed by atoms with van der Waals surface area (Å²) < 4.78 is 2.55. The zero-order chi connectivity index (χ0) is 39.9. The molecule has 0 amide bonds. The summed E-state index contributed by atoms with van der Waals surface area (Å²) in [5, 5.41) is 0. The van der Waals surface area contributed by atoms with Gasteiger partial charge in [0.1, 0.15) is 0 Å². The minimum atomic E-state index is 0.867. The Labute approximate surface area is 345 Å². The molecule has 0 aliphatic carbocycles. The number of nitrogens with zero attached hydrogens (tertiary/aromatic N) is 2. The zero-order valence-corrected chi connectivity index (χ0v) is 39.7. The summed E-state index contributed by atoms with van der Waals surface area (Å²) in [6, 6.07) is 1.73. The molecule has 0 N–H and O–H groups in total. The molecule has 2 heteroatoms. The Balaban J connectivity index is 4.90. The summed E-state index contributed by atoms with van der Waals surface area (Å²) in [5.41, 5.74) is 0. The average molecular weight is 763 g/mol. The third-order valence-corrected chi connectivity index (χ3v) is 13.8. The van der Waals surface area contributed by atoms with Gasteiger partial charge in [-0.3, -0.25) is 0 Å². The van der Waals surface area contributed by atoms with Gasteiger partial charge in [0.15, 0.2) is 0 Å². The van der Waals surface area contributed by atoms with Crippen molar-refractivity contribution in [3.63, 3.8) is 0 Å². The lowest BCUT2D eigenvalue weighted by Gasteiger charge is -2.39. The van der Waals surface area contributed by atoms with Crippen LogP contribution in [0, 0.1) is 0 Å². The van der Waals surface area contributed by atoms with Gasteiger partial charge in [0.25, 0.3) is 0 Å². The molecule has 0 aromatic heterocycles. The van der Waals surface area contributed by atoms with Gasteiger partial charge in [0.2, 0.25) is 0 Å². The van der Waals surface area contributed by atoms with Crippen LogP contribution in [0.1, 0.15) is 285 Å². The molecule has 326 valence electrons. The monoisotopic (exact) mass is 763 g/mol. The van der Waals surface area contributed by atoms with E-state index in [2.05, 4.69) is 55.9 Å². The first-order chi connectivity index (χ1) is 26.2. The molecule has 0 spiro atoms. The molecule has 0 aromatic rings. The summed E-state index contributed by atoms with van der Waals surface area (Å²) in [7, 11) is 10.4. The van der Waals surface area contributed by atoms with Crippen molar-refractivity contribution in [3.8, 4) is 0 Å². The minimum Gasteiger partial charge on any atom is -0.326 e. The highest BCUT2D eigenvalue weighted by atomic mass is 15.3. The Kier molecular flexibility index (Phi) is 39.7. The summed E-state index contributed by atoms with van der Waals surface area (Å²) in [6.07, 6.45) is 57.9. The topological polar surface area (TPSA) is 0 Å². The Hall–Kier alpha value is -0.0800. The average Bonchev–Trinajstić information content (AvgIpc) is 3.15. The van der Waals surface area contributed by atoms with E-state index < -0.39 is 0 Å². The van der Waals surface area contributed by atoms with Crippen LogP contribution in [-0.4, -0.2) is 62.3 Å². The predicted molar refractivity (Wildman–Crippen MR) is 249 cm³/mol. The minimum absolute atomic E-state index is 0.867.